The second-order valence-electron chi connectivity index (χ2n) is 10.1. The fourth-order valence-corrected chi connectivity index (χ4v) is 3.67. The summed E-state index contributed by atoms with van der Waals surface area (Å²) in [6.45, 7) is 12.2. The van der Waals surface area contributed by atoms with Crippen LogP contribution in [0.3, 0.4) is 0 Å². The highest BCUT2D eigenvalue weighted by atomic mass is 28.3. The molecule has 0 unspecified atom stereocenters. The lowest BCUT2D eigenvalue weighted by atomic mass is 9.95. The van der Waals surface area contributed by atoms with Crippen LogP contribution in [-0.2, 0) is 11.5 Å². The maximum absolute atomic E-state index is 12.9. The monoisotopic (exact) mass is 418 g/mol. The van der Waals surface area contributed by atoms with Gasteiger partial charge in [0.25, 0.3) is 5.91 Å². The topological polar surface area (TPSA) is 89.3 Å². The molecule has 2 heterocycles. The van der Waals surface area contributed by atoms with Gasteiger partial charge in [-0.1, -0.05) is 33.5 Å². The zero-order valence-electron chi connectivity index (χ0n) is 18.3. The Balaban J connectivity index is 1.81. The second kappa shape index (κ2) is 8.53. The van der Waals surface area contributed by atoms with Crippen molar-refractivity contribution in [3.63, 3.8) is 0 Å². The maximum atomic E-state index is 12.9. The van der Waals surface area contributed by atoms with Gasteiger partial charge in [-0.15, -0.1) is 0 Å². The van der Waals surface area contributed by atoms with Crippen molar-refractivity contribution < 1.29 is 14.6 Å². The molecule has 0 radical (unpaired) electrons. The van der Waals surface area contributed by atoms with E-state index in [9.17, 15) is 9.90 Å². The predicted molar refractivity (Wildman–Crippen MR) is 117 cm³/mol. The lowest BCUT2D eigenvalue weighted by molar-refractivity contribution is 0.0883. The van der Waals surface area contributed by atoms with Crippen LogP contribution < -0.4 is 5.32 Å². The minimum Gasteiger partial charge on any atom is -0.396 e. The molecule has 0 saturated heterocycles. The van der Waals surface area contributed by atoms with Gasteiger partial charge in [-0.25, -0.2) is 9.97 Å². The fraction of sp³-hybridized carbons (Fsp3) is 0.667. The van der Waals surface area contributed by atoms with E-state index < -0.39 is 8.07 Å². The van der Waals surface area contributed by atoms with Crippen molar-refractivity contribution >= 4 is 25.1 Å². The van der Waals surface area contributed by atoms with E-state index in [1.54, 1.807) is 6.20 Å². The van der Waals surface area contributed by atoms with E-state index in [-0.39, 0.29) is 17.9 Å². The Labute approximate surface area is 173 Å². The van der Waals surface area contributed by atoms with Gasteiger partial charge in [0, 0.05) is 45.4 Å². The Bertz CT molecular complexity index is 869. The quantitative estimate of drug-likeness (QED) is 0.456. The van der Waals surface area contributed by atoms with Gasteiger partial charge < -0.3 is 19.7 Å². The highest BCUT2D eigenvalue weighted by molar-refractivity contribution is 6.76. The zero-order valence-corrected chi connectivity index (χ0v) is 19.3. The number of carbonyl (C=O) groups is 1. The number of hydrogen-bond acceptors (Lipinski definition) is 5. The number of nitrogens with zero attached hydrogens (tertiary/aromatic N) is 3. The van der Waals surface area contributed by atoms with Crippen LogP contribution in [0.4, 0.5) is 0 Å². The molecule has 8 heteroatoms. The van der Waals surface area contributed by atoms with E-state index in [1.807, 2.05) is 24.6 Å². The van der Waals surface area contributed by atoms with E-state index in [0.717, 1.165) is 24.6 Å². The summed E-state index contributed by atoms with van der Waals surface area (Å²) >= 11 is 0. The first-order valence-electron chi connectivity index (χ1n) is 10.4. The van der Waals surface area contributed by atoms with Gasteiger partial charge in [0.1, 0.15) is 12.2 Å². The Kier molecular flexibility index (Phi) is 6.45. The van der Waals surface area contributed by atoms with Gasteiger partial charge >= 0.3 is 0 Å². The smallest absolute Gasteiger partial charge is 0.255 e. The summed E-state index contributed by atoms with van der Waals surface area (Å²) in [4.78, 5) is 22.3. The molecule has 1 aliphatic carbocycles. The van der Waals surface area contributed by atoms with Crippen LogP contribution in [0.2, 0.25) is 25.7 Å². The Morgan fingerprint density at radius 2 is 2.10 bits per heavy atom. The molecular weight excluding hydrogens is 384 g/mol. The summed E-state index contributed by atoms with van der Waals surface area (Å²) in [5, 5.41) is 12.4. The first-order chi connectivity index (χ1) is 13.6. The molecule has 0 spiro atoms. The number of hydrogen-bond donors (Lipinski definition) is 2. The van der Waals surface area contributed by atoms with Crippen molar-refractivity contribution in [2.45, 2.75) is 65.0 Å². The number of carbonyl (C=O) groups excluding carboxylic acids is 1. The molecule has 0 atom stereocenters. The molecule has 3 rings (SSSR count). The van der Waals surface area contributed by atoms with Crippen molar-refractivity contribution in [3.05, 3.63) is 23.7 Å². The first-order valence-corrected chi connectivity index (χ1v) is 14.1. The molecule has 1 saturated carbocycles. The third-order valence-corrected chi connectivity index (χ3v) is 6.91. The highest BCUT2D eigenvalue weighted by Gasteiger charge is 2.28. The van der Waals surface area contributed by atoms with E-state index in [2.05, 4.69) is 29.9 Å². The first kappa shape index (κ1) is 21.9. The SMILES string of the molecule is CC(C)(CO)CNC(=O)c1cn(COCC[Si](C)(C)C)c2ncc(C3CC3)nc12. The van der Waals surface area contributed by atoms with Gasteiger partial charge in [0.05, 0.1) is 17.5 Å². The fourth-order valence-electron chi connectivity index (χ4n) is 2.92. The van der Waals surface area contributed by atoms with E-state index >= 15 is 0 Å². The third-order valence-electron chi connectivity index (χ3n) is 5.21. The van der Waals surface area contributed by atoms with Crippen LogP contribution in [0.1, 0.15) is 48.7 Å². The number of fused-ring (bicyclic) bond motifs is 1. The van der Waals surface area contributed by atoms with E-state index in [0.29, 0.717) is 42.5 Å². The van der Waals surface area contributed by atoms with Gasteiger partial charge in [0.15, 0.2) is 5.65 Å². The maximum Gasteiger partial charge on any atom is 0.255 e. The Morgan fingerprint density at radius 3 is 2.72 bits per heavy atom. The largest absolute Gasteiger partial charge is 0.396 e. The van der Waals surface area contributed by atoms with Gasteiger partial charge in [0.2, 0.25) is 0 Å². The van der Waals surface area contributed by atoms with Crippen LogP contribution in [0.15, 0.2) is 12.4 Å². The molecule has 1 amide bonds. The normalized spacial score (nSPS) is 15.1. The minimum absolute atomic E-state index is 0.00556. The molecule has 7 nitrogen and oxygen atoms in total. The van der Waals surface area contributed by atoms with E-state index in [4.69, 9.17) is 9.72 Å². The number of nitrogens with one attached hydrogen (secondary N) is 1. The molecule has 2 N–H and O–H groups in total. The van der Waals surface area contributed by atoms with Gasteiger partial charge in [-0.05, 0) is 18.9 Å². The van der Waals surface area contributed by atoms with Crippen molar-refractivity contribution in [1.29, 1.82) is 0 Å². The second-order valence-corrected chi connectivity index (χ2v) is 15.7. The standard InChI is InChI=1S/C21H34N4O3Si/c1-21(2,13-26)12-23-20(27)16-11-25(14-28-8-9-29(3,4)5)19-18(16)24-17(10-22-19)15-6-7-15/h10-11,15,26H,6-9,12-14H2,1-5H3,(H,23,27). The summed E-state index contributed by atoms with van der Waals surface area (Å²) < 4.78 is 7.75. The molecule has 160 valence electrons. The predicted octanol–water partition coefficient (Wildman–Crippen LogP) is 3.37. The van der Waals surface area contributed by atoms with Crippen molar-refractivity contribution in [2.75, 3.05) is 19.8 Å². The summed E-state index contributed by atoms with van der Waals surface area (Å²) in [5.41, 5.74) is 2.40. The number of ether oxygens (including phenoxy) is 1. The number of aliphatic hydroxyl groups excluding tert-OH is 1. The van der Waals surface area contributed by atoms with E-state index in [1.165, 1.54) is 0 Å². The van der Waals surface area contributed by atoms with Gasteiger partial charge in [-0.3, -0.25) is 4.79 Å². The molecule has 2 aromatic heterocycles. The van der Waals surface area contributed by atoms with Crippen LogP contribution >= 0.6 is 0 Å². The summed E-state index contributed by atoms with van der Waals surface area (Å²) in [6, 6.07) is 1.09. The molecular formula is C21H34N4O3Si. The van der Waals surface area contributed by atoms with Crippen LogP contribution in [0.5, 0.6) is 0 Å². The molecule has 2 aromatic rings. The average Bonchev–Trinajstić information content (AvgIpc) is 3.44. The Morgan fingerprint density at radius 1 is 1.38 bits per heavy atom. The minimum atomic E-state index is -1.15. The van der Waals surface area contributed by atoms with Crippen molar-refractivity contribution in [2.24, 2.45) is 5.41 Å². The van der Waals surface area contributed by atoms with Crippen LogP contribution in [0.25, 0.3) is 11.2 Å². The molecule has 0 bridgehead atoms. The molecule has 1 fully saturated rings. The highest BCUT2D eigenvalue weighted by Crippen LogP contribution is 2.39. The van der Waals surface area contributed by atoms with Crippen molar-refractivity contribution in [3.8, 4) is 0 Å². The number of aliphatic hydroxyl groups is 1. The average molecular weight is 419 g/mol. The summed E-state index contributed by atoms with van der Waals surface area (Å²) in [7, 11) is -1.15. The molecule has 0 aromatic carbocycles. The lowest BCUT2D eigenvalue weighted by Crippen LogP contribution is -2.36. The Hall–Kier alpha value is -1.77. The summed E-state index contributed by atoms with van der Waals surface area (Å²) in [6.07, 6.45) is 5.88. The molecule has 0 aliphatic heterocycles. The number of aromatic nitrogens is 3. The molecule has 1 aliphatic rings. The number of amides is 1. The third kappa shape index (κ3) is 5.87. The van der Waals surface area contributed by atoms with Gasteiger partial charge in [-0.2, -0.15) is 0 Å². The summed E-state index contributed by atoms with van der Waals surface area (Å²) in [5.74, 6) is 0.270. The van der Waals surface area contributed by atoms with Crippen molar-refractivity contribution in [1.82, 2.24) is 19.9 Å². The van der Waals surface area contributed by atoms with Crippen LogP contribution in [0, 0.1) is 5.41 Å². The lowest BCUT2D eigenvalue weighted by Gasteiger charge is -2.21. The van der Waals surface area contributed by atoms with Crippen LogP contribution in [-0.4, -0.2) is 53.4 Å². The number of rotatable bonds is 10. The zero-order chi connectivity index (χ0) is 21.2. The molecule has 29 heavy (non-hydrogen) atoms.